The first-order chi connectivity index (χ1) is 8.41. The molecule has 0 aromatic rings. The molecule has 0 radical (unpaired) electrons. The number of carbonyl (C=O) groups is 1. The van der Waals surface area contributed by atoms with E-state index in [1.165, 1.54) is 12.2 Å². The van der Waals surface area contributed by atoms with E-state index in [-0.39, 0.29) is 17.4 Å². The van der Waals surface area contributed by atoms with Gasteiger partial charge in [-0.05, 0) is 12.2 Å². The van der Waals surface area contributed by atoms with Crippen molar-refractivity contribution >= 4 is 11.5 Å². The van der Waals surface area contributed by atoms with E-state index in [9.17, 15) is 18.0 Å². The molecule has 18 heavy (non-hydrogen) atoms. The molecular weight excluding hydrogens is 245 g/mol. The SMILES string of the molecule is CC(C)C(=O)C1=NN(C(F)F)C2C=C(F)C=CC12. The second-order valence-corrected chi connectivity index (χ2v) is 4.59. The van der Waals surface area contributed by atoms with Crippen LogP contribution in [0.4, 0.5) is 13.2 Å². The van der Waals surface area contributed by atoms with E-state index in [0.717, 1.165) is 6.08 Å². The minimum Gasteiger partial charge on any atom is -0.292 e. The van der Waals surface area contributed by atoms with Gasteiger partial charge >= 0.3 is 6.55 Å². The molecule has 6 heteroatoms. The fourth-order valence-corrected chi connectivity index (χ4v) is 2.07. The Morgan fingerprint density at radius 3 is 2.67 bits per heavy atom. The van der Waals surface area contributed by atoms with Crippen molar-refractivity contribution in [3.8, 4) is 0 Å². The second kappa shape index (κ2) is 4.59. The van der Waals surface area contributed by atoms with Crippen LogP contribution in [-0.2, 0) is 4.79 Å². The van der Waals surface area contributed by atoms with Gasteiger partial charge in [0.25, 0.3) is 0 Å². The number of halogens is 3. The number of alkyl halides is 2. The van der Waals surface area contributed by atoms with Crippen LogP contribution < -0.4 is 0 Å². The molecule has 2 unspecified atom stereocenters. The van der Waals surface area contributed by atoms with Gasteiger partial charge in [0.15, 0.2) is 5.78 Å². The predicted octanol–water partition coefficient (Wildman–Crippen LogP) is 2.51. The average Bonchev–Trinajstić information content (AvgIpc) is 2.66. The number of Topliss-reactive ketones (excluding diaryl/α,β-unsaturated/α-hetero) is 1. The Kier molecular flexibility index (Phi) is 3.28. The molecule has 0 fully saturated rings. The highest BCUT2D eigenvalue weighted by atomic mass is 19.3. The van der Waals surface area contributed by atoms with E-state index in [1.54, 1.807) is 13.8 Å². The van der Waals surface area contributed by atoms with Crippen LogP contribution in [0.1, 0.15) is 13.8 Å². The lowest BCUT2D eigenvalue weighted by atomic mass is 9.87. The van der Waals surface area contributed by atoms with E-state index in [1.807, 2.05) is 0 Å². The van der Waals surface area contributed by atoms with E-state index in [2.05, 4.69) is 5.10 Å². The van der Waals surface area contributed by atoms with Crippen molar-refractivity contribution in [3.05, 3.63) is 24.1 Å². The smallest absolute Gasteiger partial charge is 0.292 e. The Morgan fingerprint density at radius 1 is 1.44 bits per heavy atom. The number of allylic oxidation sites excluding steroid dienone is 2. The number of carbonyl (C=O) groups excluding carboxylic acids is 1. The van der Waals surface area contributed by atoms with Crippen molar-refractivity contribution in [2.75, 3.05) is 0 Å². The Morgan fingerprint density at radius 2 is 2.11 bits per heavy atom. The van der Waals surface area contributed by atoms with E-state index < -0.39 is 24.3 Å². The zero-order valence-electron chi connectivity index (χ0n) is 9.98. The second-order valence-electron chi connectivity index (χ2n) is 4.59. The number of hydrazone groups is 1. The van der Waals surface area contributed by atoms with Gasteiger partial charge in [0, 0.05) is 5.92 Å². The molecule has 2 aliphatic rings. The number of rotatable bonds is 3. The van der Waals surface area contributed by atoms with Crippen LogP contribution in [0.2, 0.25) is 0 Å². The summed E-state index contributed by atoms with van der Waals surface area (Å²) < 4.78 is 38.7. The highest BCUT2D eigenvalue weighted by Crippen LogP contribution is 2.32. The van der Waals surface area contributed by atoms with Gasteiger partial charge in [-0.3, -0.25) is 4.79 Å². The van der Waals surface area contributed by atoms with Crippen molar-refractivity contribution in [3.63, 3.8) is 0 Å². The number of hydrogen-bond acceptors (Lipinski definition) is 3. The molecule has 0 amide bonds. The van der Waals surface area contributed by atoms with Gasteiger partial charge in [0.1, 0.15) is 11.5 Å². The standard InChI is InChI=1S/C12H13F3N2O/c1-6(2)11(18)10-8-4-3-7(13)5-9(8)17(16-10)12(14)15/h3-6,8-9,12H,1-2H3. The molecule has 0 bridgehead atoms. The van der Waals surface area contributed by atoms with Gasteiger partial charge in [-0.2, -0.15) is 13.9 Å². The molecule has 2 atom stereocenters. The zero-order valence-corrected chi connectivity index (χ0v) is 9.98. The number of nitrogens with zero attached hydrogens (tertiary/aromatic N) is 2. The van der Waals surface area contributed by atoms with Gasteiger partial charge in [-0.25, -0.2) is 9.40 Å². The molecule has 0 saturated heterocycles. The molecule has 0 saturated carbocycles. The fraction of sp³-hybridized carbons (Fsp3) is 0.500. The highest BCUT2D eigenvalue weighted by molar-refractivity contribution is 6.42. The summed E-state index contributed by atoms with van der Waals surface area (Å²) in [5, 5.41) is 4.17. The minimum atomic E-state index is -2.86. The van der Waals surface area contributed by atoms with Gasteiger partial charge < -0.3 is 0 Å². The Hall–Kier alpha value is -1.59. The van der Waals surface area contributed by atoms with Crippen LogP contribution in [0.25, 0.3) is 0 Å². The first-order valence-electron chi connectivity index (χ1n) is 5.66. The maximum atomic E-state index is 13.1. The fourth-order valence-electron chi connectivity index (χ4n) is 2.07. The summed E-state index contributed by atoms with van der Waals surface area (Å²) in [7, 11) is 0. The Labute approximate surface area is 103 Å². The summed E-state index contributed by atoms with van der Waals surface area (Å²) in [5.41, 5.74) is 0.0790. The Bertz CT molecular complexity index is 454. The highest BCUT2D eigenvalue weighted by Gasteiger charge is 2.42. The maximum Gasteiger partial charge on any atom is 0.330 e. The summed E-state index contributed by atoms with van der Waals surface area (Å²) in [5.74, 6) is -1.79. The molecule has 0 aromatic carbocycles. The van der Waals surface area contributed by atoms with Gasteiger partial charge in [-0.1, -0.05) is 19.9 Å². The lowest BCUT2D eigenvalue weighted by molar-refractivity contribution is -0.115. The Balaban J connectivity index is 2.35. The van der Waals surface area contributed by atoms with Crippen LogP contribution in [0, 0.1) is 11.8 Å². The summed E-state index contributed by atoms with van der Waals surface area (Å²) in [6.45, 7) is 0.493. The maximum absolute atomic E-state index is 13.1. The summed E-state index contributed by atoms with van der Waals surface area (Å²) >= 11 is 0. The molecule has 0 N–H and O–H groups in total. The van der Waals surface area contributed by atoms with Gasteiger partial charge in [0.05, 0.1) is 12.0 Å². The molecule has 2 rings (SSSR count). The monoisotopic (exact) mass is 258 g/mol. The third-order valence-corrected chi connectivity index (χ3v) is 2.98. The van der Waals surface area contributed by atoms with Crippen molar-refractivity contribution in [2.24, 2.45) is 16.9 Å². The van der Waals surface area contributed by atoms with Crippen molar-refractivity contribution in [1.29, 1.82) is 0 Å². The van der Waals surface area contributed by atoms with Crippen molar-refractivity contribution < 1.29 is 18.0 Å². The van der Waals surface area contributed by atoms with Crippen LogP contribution in [0.15, 0.2) is 29.2 Å². The summed E-state index contributed by atoms with van der Waals surface area (Å²) in [4.78, 5) is 11.9. The first kappa shape index (κ1) is 12.9. The summed E-state index contributed by atoms with van der Waals surface area (Å²) in [6, 6.07) is -0.910. The zero-order chi connectivity index (χ0) is 13.4. The van der Waals surface area contributed by atoms with E-state index in [4.69, 9.17) is 0 Å². The average molecular weight is 258 g/mol. The number of hydrogen-bond donors (Lipinski definition) is 0. The molecule has 0 spiro atoms. The quantitative estimate of drug-likeness (QED) is 0.729. The third-order valence-electron chi connectivity index (χ3n) is 2.98. The van der Waals surface area contributed by atoms with E-state index in [0.29, 0.717) is 5.01 Å². The van der Waals surface area contributed by atoms with Gasteiger partial charge in [0.2, 0.25) is 0 Å². The molecule has 1 aliphatic carbocycles. The van der Waals surface area contributed by atoms with Crippen molar-refractivity contribution in [1.82, 2.24) is 5.01 Å². The first-order valence-corrected chi connectivity index (χ1v) is 5.66. The van der Waals surface area contributed by atoms with Crippen LogP contribution >= 0.6 is 0 Å². The molecule has 1 aliphatic heterocycles. The minimum absolute atomic E-state index is 0.0790. The topological polar surface area (TPSA) is 32.7 Å². The molecule has 3 nitrogen and oxygen atoms in total. The normalized spacial score (nSPS) is 26.5. The van der Waals surface area contributed by atoms with Crippen LogP contribution in [0.5, 0.6) is 0 Å². The third kappa shape index (κ3) is 2.07. The lowest BCUT2D eigenvalue weighted by Gasteiger charge is -2.24. The van der Waals surface area contributed by atoms with Crippen molar-refractivity contribution in [2.45, 2.75) is 26.4 Å². The predicted molar refractivity (Wildman–Crippen MR) is 60.7 cm³/mol. The summed E-state index contributed by atoms with van der Waals surface area (Å²) in [6.07, 6.45) is 3.67. The molecule has 98 valence electrons. The van der Waals surface area contributed by atoms with Crippen LogP contribution in [0.3, 0.4) is 0 Å². The van der Waals surface area contributed by atoms with Gasteiger partial charge in [-0.15, -0.1) is 0 Å². The van der Waals surface area contributed by atoms with Crippen LogP contribution in [-0.4, -0.2) is 29.1 Å². The molecule has 0 aromatic heterocycles. The lowest BCUT2D eigenvalue weighted by Crippen LogP contribution is -2.36. The molecule has 1 heterocycles. The van der Waals surface area contributed by atoms with E-state index >= 15 is 0 Å². The number of fused-ring (bicyclic) bond motifs is 1. The largest absolute Gasteiger partial charge is 0.330 e. The molecular formula is C12H13F3N2O. The number of ketones is 1.